The van der Waals surface area contributed by atoms with Crippen molar-refractivity contribution in [1.29, 1.82) is 0 Å². The Kier molecular flexibility index (Phi) is 7.67. The van der Waals surface area contributed by atoms with Crippen molar-refractivity contribution in [3.8, 4) is 11.5 Å². The molecule has 2 aromatic rings. The summed E-state index contributed by atoms with van der Waals surface area (Å²) in [6, 6.07) is 8.28. The van der Waals surface area contributed by atoms with Crippen molar-refractivity contribution < 1.29 is 22.7 Å². The van der Waals surface area contributed by atoms with Crippen molar-refractivity contribution in [2.45, 2.75) is 35.6 Å². The highest BCUT2D eigenvalue weighted by atomic mass is 32.2. The Morgan fingerprint density at radius 3 is 2.52 bits per heavy atom. The van der Waals surface area contributed by atoms with E-state index < -0.39 is 15.1 Å². The van der Waals surface area contributed by atoms with Gasteiger partial charge in [-0.1, -0.05) is 25.5 Å². The molecule has 0 bridgehead atoms. The van der Waals surface area contributed by atoms with E-state index in [-0.39, 0.29) is 16.7 Å². The minimum atomic E-state index is -3.66. The molecule has 1 aromatic heterocycles. The molecule has 1 N–H and O–H groups in total. The first-order valence-electron chi connectivity index (χ1n) is 8.70. The van der Waals surface area contributed by atoms with E-state index in [0.717, 1.165) is 24.2 Å². The van der Waals surface area contributed by atoms with Crippen LogP contribution in [-0.4, -0.2) is 35.1 Å². The van der Waals surface area contributed by atoms with E-state index in [4.69, 9.17) is 9.47 Å². The van der Waals surface area contributed by atoms with Crippen molar-refractivity contribution in [2.24, 2.45) is 0 Å². The molecular formula is C19H25NO5S2. The molecule has 0 aliphatic rings. The van der Waals surface area contributed by atoms with Crippen molar-refractivity contribution >= 4 is 27.1 Å². The molecule has 0 radical (unpaired) electrons. The second kappa shape index (κ2) is 9.75. The lowest BCUT2D eigenvalue weighted by molar-refractivity contribution is -0.121. The van der Waals surface area contributed by atoms with Gasteiger partial charge < -0.3 is 14.8 Å². The van der Waals surface area contributed by atoms with Gasteiger partial charge in [-0.2, -0.15) is 0 Å². The summed E-state index contributed by atoms with van der Waals surface area (Å²) >= 11 is 1.16. The van der Waals surface area contributed by atoms with Crippen molar-refractivity contribution in [3.05, 3.63) is 41.3 Å². The fraction of sp³-hybridized carbons (Fsp3) is 0.421. The summed E-state index contributed by atoms with van der Waals surface area (Å²) in [7, 11) is -0.648. The minimum Gasteiger partial charge on any atom is -0.493 e. The molecule has 6 nitrogen and oxygen atoms in total. The molecule has 0 fully saturated rings. The first-order valence-corrected chi connectivity index (χ1v) is 11.1. The fourth-order valence-electron chi connectivity index (χ4n) is 2.66. The smallest absolute Gasteiger partial charge is 0.220 e. The van der Waals surface area contributed by atoms with Gasteiger partial charge in [-0.3, -0.25) is 4.79 Å². The highest BCUT2D eigenvalue weighted by Gasteiger charge is 2.31. The average molecular weight is 412 g/mol. The Morgan fingerprint density at radius 2 is 1.93 bits per heavy atom. The van der Waals surface area contributed by atoms with Gasteiger partial charge in [-0.15, -0.1) is 11.3 Å². The van der Waals surface area contributed by atoms with Gasteiger partial charge in [-0.25, -0.2) is 8.42 Å². The zero-order chi connectivity index (χ0) is 19.9. The van der Waals surface area contributed by atoms with E-state index >= 15 is 0 Å². The SMILES string of the molecule is CCCCC(=O)NC[C@H](c1ccc(OC)c(OC)c1)S(=O)(=O)c1cccs1. The number of rotatable bonds is 10. The van der Waals surface area contributed by atoms with E-state index in [1.54, 1.807) is 35.7 Å². The molecule has 0 aliphatic carbocycles. The van der Waals surface area contributed by atoms with Gasteiger partial charge >= 0.3 is 0 Å². The maximum Gasteiger partial charge on any atom is 0.220 e. The number of thiophene rings is 1. The van der Waals surface area contributed by atoms with Gasteiger partial charge in [0, 0.05) is 13.0 Å². The molecular weight excluding hydrogens is 386 g/mol. The lowest BCUT2D eigenvalue weighted by Crippen LogP contribution is -2.31. The number of benzene rings is 1. The summed E-state index contributed by atoms with van der Waals surface area (Å²) in [4.78, 5) is 12.0. The summed E-state index contributed by atoms with van der Waals surface area (Å²) in [5.41, 5.74) is 0.539. The van der Waals surface area contributed by atoms with Crippen LogP contribution in [0, 0.1) is 0 Å². The summed E-state index contributed by atoms with van der Waals surface area (Å²) in [5, 5.41) is 3.57. The van der Waals surface area contributed by atoms with Crippen LogP contribution >= 0.6 is 11.3 Å². The number of hydrogen-bond acceptors (Lipinski definition) is 6. The van der Waals surface area contributed by atoms with E-state index in [2.05, 4.69) is 5.32 Å². The maximum absolute atomic E-state index is 13.2. The van der Waals surface area contributed by atoms with E-state index in [9.17, 15) is 13.2 Å². The number of nitrogens with one attached hydrogen (secondary N) is 1. The highest BCUT2D eigenvalue weighted by Crippen LogP contribution is 2.36. The largest absolute Gasteiger partial charge is 0.493 e. The minimum absolute atomic E-state index is 0.00172. The molecule has 148 valence electrons. The molecule has 1 atom stereocenters. The topological polar surface area (TPSA) is 81.7 Å². The number of unbranched alkanes of at least 4 members (excludes halogenated alkanes) is 1. The van der Waals surface area contributed by atoms with Crippen LogP contribution in [0.25, 0.3) is 0 Å². The van der Waals surface area contributed by atoms with Crippen LogP contribution in [0.5, 0.6) is 11.5 Å². The Labute approximate surface area is 164 Å². The molecule has 0 aliphatic heterocycles. The predicted molar refractivity (Wildman–Crippen MR) is 106 cm³/mol. The van der Waals surface area contributed by atoms with Crippen LogP contribution in [0.1, 0.15) is 37.0 Å². The van der Waals surface area contributed by atoms with E-state index in [0.29, 0.717) is 23.5 Å². The molecule has 0 saturated heterocycles. The van der Waals surface area contributed by atoms with Crippen LogP contribution in [0.15, 0.2) is 39.9 Å². The quantitative estimate of drug-likeness (QED) is 0.646. The van der Waals surface area contributed by atoms with Crippen LogP contribution < -0.4 is 14.8 Å². The number of ether oxygens (including phenoxy) is 2. The standard InChI is InChI=1S/C19H25NO5S2/c1-4-5-7-18(21)20-13-17(27(22,23)19-8-6-11-26-19)14-9-10-15(24-2)16(12-14)25-3/h6,8-12,17H,4-5,7,13H2,1-3H3,(H,20,21)/t17-/m1/s1. The van der Waals surface area contributed by atoms with Gasteiger partial charge in [0.25, 0.3) is 0 Å². The lowest BCUT2D eigenvalue weighted by Gasteiger charge is -2.19. The third-order valence-electron chi connectivity index (χ3n) is 4.17. The molecule has 0 spiro atoms. The molecule has 0 saturated carbocycles. The van der Waals surface area contributed by atoms with Crippen LogP contribution in [0.4, 0.5) is 0 Å². The third-order valence-corrected chi connectivity index (χ3v) is 7.70. The monoisotopic (exact) mass is 411 g/mol. The molecule has 1 amide bonds. The number of amides is 1. The van der Waals surface area contributed by atoms with E-state index in [1.165, 1.54) is 14.2 Å². The Morgan fingerprint density at radius 1 is 1.19 bits per heavy atom. The number of carbonyl (C=O) groups is 1. The second-order valence-electron chi connectivity index (χ2n) is 5.99. The highest BCUT2D eigenvalue weighted by molar-refractivity contribution is 7.93. The Balaban J connectivity index is 2.36. The van der Waals surface area contributed by atoms with Gasteiger partial charge in [0.15, 0.2) is 21.3 Å². The van der Waals surface area contributed by atoms with Crippen LogP contribution in [0.3, 0.4) is 0 Å². The van der Waals surface area contributed by atoms with Crippen molar-refractivity contribution in [3.63, 3.8) is 0 Å². The summed E-state index contributed by atoms with van der Waals surface area (Å²) in [5.74, 6) is 0.808. The van der Waals surface area contributed by atoms with Crippen LogP contribution in [0.2, 0.25) is 0 Å². The molecule has 1 aromatic carbocycles. The van der Waals surface area contributed by atoms with E-state index in [1.807, 2.05) is 6.92 Å². The lowest BCUT2D eigenvalue weighted by atomic mass is 10.1. The number of hydrogen-bond donors (Lipinski definition) is 1. The summed E-state index contributed by atoms with van der Waals surface area (Å²) in [6.45, 7) is 2.00. The number of methoxy groups -OCH3 is 2. The first-order chi connectivity index (χ1) is 12.9. The normalized spacial score (nSPS) is 12.4. The molecule has 27 heavy (non-hydrogen) atoms. The van der Waals surface area contributed by atoms with Gasteiger partial charge in [0.2, 0.25) is 5.91 Å². The second-order valence-corrected chi connectivity index (χ2v) is 9.29. The molecule has 2 rings (SSSR count). The number of carbonyl (C=O) groups excluding carboxylic acids is 1. The third kappa shape index (κ3) is 5.23. The first kappa shape index (κ1) is 21.2. The maximum atomic E-state index is 13.2. The Hall–Kier alpha value is -2.06. The van der Waals surface area contributed by atoms with Gasteiger partial charge in [-0.05, 0) is 35.6 Å². The number of sulfone groups is 1. The van der Waals surface area contributed by atoms with Crippen molar-refractivity contribution in [1.82, 2.24) is 5.32 Å². The van der Waals surface area contributed by atoms with Gasteiger partial charge in [0.05, 0.1) is 14.2 Å². The van der Waals surface area contributed by atoms with Gasteiger partial charge in [0.1, 0.15) is 9.46 Å². The summed E-state index contributed by atoms with van der Waals surface area (Å²) in [6.07, 6.45) is 2.05. The molecule has 0 unspecified atom stereocenters. The summed E-state index contributed by atoms with van der Waals surface area (Å²) < 4.78 is 37.1. The predicted octanol–water partition coefficient (Wildman–Crippen LogP) is 3.59. The van der Waals surface area contributed by atoms with Crippen molar-refractivity contribution in [2.75, 3.05) is 20.8 Å². The zero-order valence-corrected chi connectivity index (χ0v) is 17.4. The van der Waals surface area contributed by atoms with Crippen LogP contribution in [-0.2, 0) is 14.6 Å². The molecule has 1 heterocycles. The Bertz CT molecular complexity index is 847. The fourth-order valence-corrected chi connectivity index (χ4v) is 5.51. The zero-order valence-electron chi connectivity index (χ0n) is 15.7. The molecule has 8 heteroatoms. The average Bonchev–Trinajstić information content (AvgIpc) is 3.21.